The molecular weight excluding hydrogens is 264 g/mol. The zero-order valence-electron chi connectivity index (χ0n) is 12.6. The molecule has 1 amide bonds. The Labute approximate surface area is 126 Å². The van der Waals surface area contributed by atoms with Gasteiger partial charge < -0.3 is 16.2 Å². The summed E-state index contributed by atoms with van der Waals surface area (Å²) in [6.45, 7) is 0.729. The van der Waals surface area contributed by atoms with Crippen LogP contribution < -0.4 is 11.1 Å². The summed E-state index contributed by atoms with van der Waals surface area (Å²) in [5, 5.41) is 12.2. The van der Waals surface area contributed by atoms with E-state index in [2.05, 4.69) is 5.32 Å². The zero-order chi connectivity index (χ0) is 15.1. The van der Waals surface area contributed by atoms with E-state index in [1.54, 1.807) is 24.3 Å². The van der Waals surface area contributed by atoms with E-state index in [0.29, 0.717) is 6.42 Å². The van der Waals surface area contributed by atoms with E-state index >= 15 is 0 Å². The number of nitrogens with two attached hydrogens (primary N) is 1. The lowest BCUT2D eigenvalue weighted by molar-refractivity contribution is -0.122. The number of rotatable bonds is 6. The predicted molar refractivity (Wildman–Crippen MR) is 84.0 cm³/mol. The molecule has 1 aliphatic carbocycles. The first-order valence-corrected chi connectivity index (χ1v) is 7.96. The number of hydrogen-bond donors (Lipinski definition) is 3. The van der Waals surface area contributed by atoms with Crippen LogP contribution in [0, 0.1) is 5.92 Å². The number of phenols is 1. The first-order valence-electron chi connectivity index (χ1n) is 7.96. The Morgan fingerprint density at radius 3 is 2.57 bits per heavy atom. The van der Waals surface area contributed by atoms with E-state index in [1.807, 2.05) is 0 Å². The summed E-state index contributed by atoms with van der Waals surface area (Å²) >= 11 is 0. The number of amides is 1. The number of carbonyl (C=O) groups is 1. The van der Waals surface area contributed by atoms with Gasteiger partial charge in [0.1, 0.15) is 5.75 Å². The van der Waals surface area contributed by atoms with Gasteiger partial charge in [0.25, 0.3) is 0 Å². The molecule has 1 atom stereocenters. The summed E-state index contributed by atoms with van der Waals surface area (Å²) in [5.41, 5.74) is 6.89. The van der Waals surface area contributed by atoms with Crippen molar-refractivity contribution in [2.75, 3.05) is 6.54 Å². The largest absolute Gasteiger partial charge is 0.508 e. The van der Waals surface area contributed by atoms with Crippen molar-refractivity contribution >= 4 is 5.91 Å². The number of carbonyl (C=O) groups excluding carboxylic acids is 1. The SMILES string of the molecule is N[C@H](Cc1ccc(O)cc1)C(=O)NCCC1CCCCC1. The molecule has 0 unspecified atom stereocenters. The fourth-order valence-electron chi connectivity index (χ4n) is 2.99. The highest BCUT2D eigenvalue weighted by Crippen LogP contribution is 2.25. The Kier molecular flexibility index (Phi) is 6.05. The van der Waals surface area contributed by atoms with Crippen molar-refractivity contribution in [3.05, 3.63) is 29.8 Å². The summed E-state index contributed by atoms with van der Waals surface area (Å²) in [7, 11) is 0. The Hall–Kier alpha value is -1.55. The monoisotopic (exact) mass is 290 g/mol. The lowest BCUT2D eigenvalue weighted by atomic mass is 9.87. The maximum absolute atomic E-state index is 12.0. The van der Waals surface area contributed by atoms with Crippen molar-refractivity contribution in [2.24, 2.45) is 11.7 Å². The summed E-state index contributed by atoms with van der Waals surface area (Å²) in [5.74, 6) is 0.913. The van der Waals surface area contributed by atoms with Crippen LogP contribution in [0.3, 0.4) is 0 Å². The quantitative estimate of drug-likeness (QED) is 0.753. The van der Waals surface area contributed by atoms with Crippen LogP contribution in [0.15, 0.2) is 24.3 Å². The molecule has 0 radical (unpaired) electrons. The average Bonchev–Trinajstić information content (AvgIpc) is 2.50. The van der Waals surface area contributed by atoms with Crippen LogP contribution in [-0.4, -0.2) is 23.6 Å². The molecule has 1 aromatic rings. The van der Waals surface area contributed by atoms with Crippen LogP contribution in [0.25, 0.3) is 0 Å². The van der Waals surface area contributed by atoms with Crippen LogP contribution in [-0.2, 0) is 11.2 Å². The van der Waals surface area contributed by atoms with Crippen molar-refractivity contribution in [2.45, 2.75) is 51.0 Å². The van der Waals surface area contributed by atoms with Crippen molar-refractivity contribution < 1.29 is 9.90 Å². The minimum absolute atomic E-state index is 0.0844. The summed E-state index contributed by atoms with van der Waals surface area (Å²) < 4.78 is 0. The average molecular weight is 290 g/mol. The van der Waals surface area contributed by atoms with Crippen molar-refractivity contribution in [3.8, 4) is 5.75 Å². The topological polar surface area (TPSA) is 75.3 Å². The Balaban J connectivity index is 1.68. The molecule has 1 aromatic carbocycles. The normalized spacial score (nSPS) is 17.4. The summed E-state index contributed by atoms with van der Waals surface area (Å²) in [4.78, 5) is 12.0. The highest BCUT2D eigenvalue weighted by molar-refractivity contribution is 5.81. The molecule has 0 saturated heterocycles. The molecule has 0 spiro atoms. The molecular formula is C17H26N2O2. The first-order chi connectivity index (χ1) is 10.1. The molecule has 0 aliphatic heterocycles. The second-order valence-electron chi connectivity index (χ2n) is 6.06. The van der Waals surface area contributed by atoms with Gasteiger partial charge in [0.2, 0.25) is 5.91 Å². The van der Waals surface area contributed by atoms with E-state index in [-0.39, 0.29) is 11.7 Å². The number of aromatic hydroxyl groups is 1. The van der Waals surface area contributed by atoms with Crippen molar-refractivity contribution in [1.29, 1.82) is 0 Å². The fourth-order valence-corrected chi connectivity index (χ4v) is 2.99. The van der Waals surface area contributed by atoms with Gasteiger partial charge in [-0.3, -0.25) is 4.79 Å². The first kappa shape index (κ1) is 15.8. The fraction of sp³-hybridized carbons (Fsp3) is 0.588. The van der Waals surface area contributed by atoms with E-state index in [9.17, 15) is 9.90 Å². The van der Waals surface area contributed by atoms with Gasteiger partial charge in [-0.15, -0.1) is 0 Å². The van der Waals surface area contributed by atoms with Gasteiger partial charge >= 0.3 is 0 Å². The summed E-state index contributed by atoms with van der Waals surface area (Å²) in [6.07, 6.45) is 8.19. The third kappa shape index (κ3) is 5.38. The third-order valence-electron chi connectivity index (χ3n) is 4.31. The third-order valence-corrected chi connectivity index (χ3v) is 4.31. The predicted octanol–water partition coefficient (Wildman–Crippen LogP) is 2.35. The highest BCUT2D eigenvalue weighted by atomic mass is 16.3. The highest BCUT2D eigenvalue weighted by Gasteiger charge is 2.16. The molecule has 4 N–H and O–H groups in total. The van der Waals surface area contributed by atoms with E-state index in [0.717, 1.165) is 24.4 Å². The second-order valence-corrected chi connectivity index (χ2v) is 6.06. The maximum Gasteiger partial charge on any atom is 0.237 e. The van der Waals surface area contributed by atoms with Crippen molar-refractivity contribution in [3.63, 3.8) is 0 Å². The van der Waals surface area contributed by atoms with Crippen LogP contribution in [0.2, 0.25) is 0 Å². The minimum atomic E-state index is -0.527. The second kappa shape index (κ2) is 8.03. The van der Waals surface area contributed by atoms with Gasteiger partial charge in [-0.25, -0.2) is 0 Å². The number of hydrogen-bond acceptors (Lipinski definition) is 3. The minimum Gasteiger partial charge on any atom is -0.508 e. The van der Waals surface area contributed by atoms with Gasteiger partial charge in [-0.05, 0) is 36.5 Å². The molecule has 2 rings (SSSR count). The Morgan fingerprint density at radius 1 is 1.24 bits per heavy atom. The Morgan fingerprint density at radius 2 is 1.90 bits per heavy atom. The molecule has 4 nitrogen and oxygen atoms in total. The van der Waals surface area contributed by atoms with Crippen molar-refractivity contribution in [1.82, 2.24) is 5.32 Å². The molecule has 0 heterocycles. The zero-order valence-corrected chi connectivity index (χ0v) is 12.6. The Bertz CT molecular complexity index is 439. The molecule has 1 aliphatic rings. The lowest BCUT2D eigenvalue weighted by Crippen LogP contribution is -2.42. The van der Waals surface area contributed by atoms with Crippen LogP contribution in [0.5, 0.6) is 5.75 Å². The lowest BCUT2D eigenvalue weighted by Gasteiger charge is -2.21. The standard InChI is InChI=1S/C17H26N2O2/c18-16(12-14-6-8-15(20)9-7-14)17(21)19-11-10-13-4-2-1-3-5-13/h6-9,13,16,20H,1-5,10-12,18H2,(H,19,21)/t16-/m1/s1. The molecule has 0 aromatic heterocycles. The van der Waals surface area contributed by atoms with Gasteiger partial charge in [-0.1, -0.05) is 44.2 Å². The van der Waals surface area contributed by atoms with Gasteiger partial charge in [-0.2, -0.15) is 0 Å². The van der Waals surface area contributed by atoms with E-state index in [1.165, 1.54) is 32.1 Å². The van der Waals surface area contributed by atoms with Gasteiger partial charge in [0.05, 0.1) is 6.04 Å². The molecule has 21 heavy (non-hydrogen) atoms. The van der Waals surface area contributed by atoms with Crippen LogP contribution in [0.1, 0.15) is 44.1 Å². The van der Waals surface area contributed by atoms with Crippen LogP contribution >= 0.6 is 0 Å². The molecule has 1 fully saturated rings. The smallest absolute Gasteiger partial charge is 0.237 e. The van der Waals surface area contributed by atoms with E-state index < -0.39 is 6.04 Å². The van der Waals surface area contributed by atoms with Gasteiger partial charge in [0, 0.05) is 6.54 Å². The number of phenolic OH excluding ortho intramolecular Hbond substituents is 1. The maximum atomic E-state index is 12.0. The number of benzene rings is 1. The summed E-state index contributed by atoms with van der Waals surface area (Å²) in [6, 6.07) is 6.29. The molecule has 116 valence electrons. The molecule has 1 saturated carbocycles. The molecule has 4 heteroatoms. The van der Waals surface area contributed by atoms with Crippen LogP contribution in [0.4, 0.5) is 0 Å². The molecule has 0 bridgehead atoms. The van der Waals surface area contributed by atoms with E-state index in [4.69, 9.17) is 5.73 Å². The number of nitrogens with one attached hydrogen (secondary N) is 1. The van der Waals surface area contributed by atoms with Gasteiger partial charge in [0.15, 0.2) is 0 Å².